The van der Waals surface area contributed by atoms with E-state index in [1.807, 2.05) is 18.2 Å². The Morgan fingerprint density at radius 3 is 2.90 bits per heavy atom. The van der Waals surface area contributed by atoms with Crippen molar-refractivity contribution >= 4 is 22.4 Å². The molecule has 1 saturated heterocycles. The van der Waals surface area contributed by atoms with Crippen LogP contribution in [-0.2, 0) is 16.1 Å². The largest absolute Gasteiger partial charge is 0.392 e. The lowest BCUT2D eigenvalue weighted by Crippen LogP contribution is -2.43. The number of rotatable bonds is 5. The summed E-state index contributed by atoms with van der Waals surface area (Å²) in [7, 11) is 0. The first-order chi connectivity index (χ1) is 14.6. The maximum Gasteiger partial charge on any atom is 0.219 e. The fourth-order valence-corrected chi connectivity index (χ4v) is 4.23. The van der Waals surface area contributed by atoms with E-state index in [-0.39, 0.29) is 12.5 Å². The maximum atomic E-state index is 12.1. The number of benzene rings is 1. The normalized spacial score (nSPS) is 18.0. The summed E-state index contributed by atoms with van der Waals surface area (Å²) in [6, 6.07) is 6.00. The molecule has 0 bridgehead atoms. The van der Waals surface area contributed by atoms with Crippen LogP contribution in [-0.4, -0.2) is 59.0 Å². The second-order valence-corrected chi connectivity index (χ2v) is 7.95. The van der Waals surface area contributed by atoms with Gasteiger partial charge in [-0.1, -0.05) is 0 Å². The molecule has 1 aromatic carbocycles. The summed E-state index contributed by atoms with van der Waals surface area (Å²) in [5, 5.41) is 24.3. The summed E-state index contributed by atoms with van der Waals surface area (Å²) >= 11 is 0. The number of aliphatic hydroxyl groups is 1. The average Bonchev–Trinajstić information content (AvgIpc) is 2.78. The van der Waals surface area contributed by atoms with Crippen molar-refractivity contribution in [1.29, 1.82) is 5.41 Å². The summed E-state index contributed by atoms with van der Waals surface area (Å²) in [6.07, 6.45) is 6.05. The molecule has 2 aliphatic heterocycles. The zero-order chi connectivity index (χ0) is 21.1. The second kappa shape index (κ2) is 8.93. The fourth-order valence-electron chi connectivity index (χ4n) is 4.23. The molecule has 1 aromatic heterocycles. The van der Waals surface area contributed by atoms with Crippen molar-refractivity contribution in [3.8, 4) is 0 Å². The third kappa shape index (κ3) is 4.22. The predicted octanol–water partition coefficient (Wildman–Crippen LogP) is 2.37. The van der Waals surface area contributed by atoms with Crippen molar-refractivity contribution in [3.05, 3.63) is 53.0 Å². The quantitative estimate of drug-likeness (QED) is 0.660. The minimum Gasteiger partial charge on any atom is -0.392 e. The van der Waals surface area contributed by atoms with E-state index < -0.39 is 0 Å². The number of nitrogens with zero attached hydrogens (tertiary/aromatic N) is 2. The van der Waals surface area contributed by atoms with Crippen LogP contribution in [0, 0.1) is 5.41 Å². The molecular formula is C23H28N4O3. The Balaban J connectivity index is 1.75. The number of ether oxygens (including phenoxy) is 1. The highest BCUT2D eigenvalue weighted by atomic mass is 16.5. The number of carbonyl (C=O) groups excluding carboxylic acids is 1. The number of hydrogen-bond donors (Lipinski definition) is 3. The number of aliphatic hydroxyl groups excluding tert-OH is 1. The van der Waals surface area contributed by atoms with Crippen molar-refractivity contribution in [2.75, 3.05) is 26.3 Å². The molecule has 2 aliphatic rings. The summed E-state index contributed by atoms with van der Waals surface area (Å²) in [6.45, 7) is 4.02. The number of fused-ring (bicyclic) bond motifs is 1. The monoisotopic (exact) mass is 408 g/mol. The number of hydrogen-bond acceptors (Lipinski definition) is 6. The third-order valence-electron chi connectivity index (χ3n) is 5.96. The molecule has 1 fully saturated rings. The van der Waals surface area contributed by atoms with Gasteiger partial charge in [0, 0.05) is 80.3 Å². The Kier molecular flexibility index (Phi) is 6.11. The molecule has 0 spiro atoms. The van der Waals surface area contributed by atoms with Gasteiger partial charge >= 0.3 is 0 Å². The van der Waals surface area contributed by atoms with Gasteiger partial charge in [-0.25, -0.2) is 0 Å². The van der Waals surface area contributed by atoms with Crippen molar-refractivity contribution < 1.29 is 14.6 Å². The number of pyridine rings is 1. The lowest BCUT2D eigenvalue weighted by Gasteiger charge is -2.34. The second-order valence-electron chi connectivity index (χ2n) is 7.95. The summed E-state index contributed by atoms with van der Waals surface area (Å²) in [5.74, 6) is 0.0149. The molecule has 30 heavy (non-hydrogen) atoms. The van der Waals surface area contributed by atoms with Crippen LogP contribution in [0.2, 0.25) is 0 Å². The molecule has 3 N–H and O–H groups in total. The van der Waals surface area contributed by atoms with Gasteiger partial charge in [0.1, 0.15) is 0 Å². The van der Waals surface area contributed by atoms with Crippen LogP contribution in [0.5, 0.6) is 0 Å². The first kappa shape index (κ1) is 20.5. The van der Waals surface area contributed by atoms with E-state index in [0.29, 0.717) is 31.3 Å². The van der Waals surface area contributed by atoms with E-state index in [1.165, 1.54) is 0 Å². The Labute approximate surface area is 176 Å². The molecule has 7 heteroatoms. The Morgan fingerprint density at radius 2 is 2.17 bits per heavy atom. The van der Waals surface area contributed by atoms with Crippen LogP contribution in [0.1, 0.15) is 37.3 Å². The molecule has 0 radical (unpaired) electrons. The van der Waals surface area contributed by atoms with E-state index in [2.05, 4.69) is 10.3 Å². The van der Waals surface area contributed by atoms with Gasteiger partial charge in [-0.05, 0) is 42.0 Å². The van der Waals surface area contributed by atoms with Crippen LogP contribution in [0.4, 0.5) is 0 Å². The molecule has 0 atom stereocenters. The minimum absolute atomic E-state index is 0.0149. The maximum absolute atomic E-state index is 12.1. The van der Waals surface area contributed by atoms with Crippen LogP contribution in [0.15, 0.2) is 41.9 Å². The van der Waals surface area contributed by atoms with Crippen LogP contribution in [0.25, 0.3) is 10.8 Å². The molecule has 3 heterocycles. The zero-order valence-corrected chi connectivity index (χ0v) is 17.3. The van der Waals surface area contributed by atoms with Gasteiger partial charge in [-0.15, -0.1) is 0 Å². The van der Waals surface area contributed by atoms with E-state index >= 15 is 0 Å². The van der Waals surface area contributed by atoms with Crippen LogP contribution < -0.4 is 5.32 Å². The molecule has 4 rings (SSSR count). The highest BCUT2D eigenvalue weighted by Gasteiger charge is 2.27. The smallest absolute Gasteiger partial charge is 0.219 e. The molecule has 0 aliphatic carbocycles. The first-order valence-corrected chi connectivity index (χ1v) is 10.5. The first-order valence-electron chi connectivity index (χ1n) is 10.5. The van der Waals surface area contributed by atoms with E-state index in [0.717, 1.165) is 59.2 Å². The number of nitrogens with one attached hydrogen (secondary N) is 2. The van der Waals surface area contributed by atoms with E-state index in [1.54, 1.807) is 24.2 Å². The van der Waals surface area contributed by atoms with Crippen LogP contribution >= 0.6 is 0 Å². The molecule has 2 aromatic rings. The SMILES string of the molecule is CC(=O)N1CCC(NC2CCOCC2)=C(C(=N)c2cc(CO)cc3ccncc23)C1. The Bertz CT molecular complexity index is 995. The van der Waals surface area contributed by atoms with Crippen LogP contribution in [0.3, 0.4) is 0 Å². The van der Waals surface area contributed by atoms with Gasteiger partial charge in [-0.2, -0.15) is 0 Å². The number of aromatic nitrogens is 1. The van der Waals surface area contributed by atoms with Gasteiger partial charge in [0.2, 0.25) is 5.91 Å². The number of carbonyl (C=O) groups is 1. The standard InChI is InChI=1S/C23H28N4O3/c1-15(29)27-7-3-22(26-18-4-8-30-9-5-18)21(13-27)23(24)19-11-16(14-28)10-17-2-6-25-12-20(17)19/h2,6,10-12,18,24,26,28H,3-5,7-9,13-14H2,1H3. The van der Waals surface area contributed by atoms with Gasteiger partial charge in [0.25, 0.3) is 0 Å². The summed E-state index contributed by atoms with van der Waals surface area (Å²) in [4.78, 5) is 18.1. The predicted molar refractivity (Wildman–Crippen MR) is 115 cm³/mol. The molecule has 7 nitrogen and oxygen atoms in total. The van der Waals surface area contributed by atoms with Gasteiger partial charge in [-0.3, -0.25) is 15.2 Å². The molecule has 0 saturated carbocycles. The lowest BCUT2D eigenvalue weighted by atomic mass is 9.91. The summed E-state index contributed by atoms with van der Waals surface area (Å²) in [5.41, 5.74) is 3.74. The van der Waals surface area contributed by atoms with Crippen molar-refractivity contribution in [2.24, 2.45) is 0 Å². The van der Waals surface area contributed by atoms with E-state index in [9.17, 15) is 9.90 Å². The molecule has 158 valence electrons. The van der Waals surface area contributed by atoms with E-state index in [4.69, 9.17) is 10.1 Å². The van der Waals surface area contributed by atoms with Crippen molar-refractivity contribution in [3.63, 3.8) is 0 Å². The topological polar surface area (TPSA) is 98.5 Å². The lowest BCUT2D eigenvalue weighted by molar-refractivity contribution is -0.128. The van der Waals surface area contributed by atoms with Gasteiger partial charge < -0.3 is 20.1 Å². The molecule has 1 amide bonds. The molecule has 0 unspecified atom stereocenters. The Hall–Kier alpha value is -2.77. The highest BCUT2D eigenvalue weighted by Crippen LogP contribution is 2.27. The summed E-state index contributed by atoms with van der Waals surface area (Å²) < 4.78 is 5.47. The van der Waals surface area contributed by atoms with Crippen molar-refractivity contribution in [1.82, 2.24) is 15.2 Å². The zero-order valence-electron chi connectivity index (χ0n) is 17.3. The highest BCUT2D eigenvalue weighted by molar-refractivity contribution is 6.18. The third-order valence-corrected chi connectivity index (χ3v) is 5.96. The Morgan fingerprint density at radius 1 is 1.37 bits per heavy atom. The van der Waals surface area contributed by atoms with Crippen molar-refractivity contribution in [2.45, 2.75) is 38.8 Å². The van der Waals surface area contributed by atoms with Gasteiger partial charge in [0.05, 0.1) is 12.3 Å². The number of amides is 1. The molecular weight excluding hydrogens is 380 g/mol. The van der Waals surface area contributed by atoms with Gasteiger partial charge in [0.15, 0.2) is 0 Å². The fraction of sp³-hybridized carbons (Fsp3) is 0.435. The minimum atomic E-state index is -0.0929. The average molecular weight is 409 g/mol.